The highest BCUT2D eigenvalue weighted by Crippen LogP contribution is 2.38. The van der Waals surface area contributed by atoms with Gasteiger partial charge < -0.3 is 0 Å². The zero-order chi connectivity index (χ0) is 16.5. The Bertz CT molecular complexity index is 967. The largest absolute Gasteiger partial charge is 0.241 e. The fraction of sp³-hybridized carbons (Fsp3) is 0.100. The normalized spacial score (nSPS) is 10.9. The molecule has 2 nitrogen and oxygen atoms in total. The number of aryl methyl sites for hydroxylation is 2. The average Bonchev–Trinajstić information content (AvgIpc) is 3.23. The van der Waals surface area contributed by atoms with Crippen molar-refractivity contribution in [1.82, 2.24) is 9.97 Å². The highest BCUT2D eigenvalue weighted by atomic mass is 32.1. The number of hydrogen-bond acceptors (Lipinski definition) is 4. The van der Waals surface area contributed by atoms with Crippen LogP contribution in [-0.4, -0.2) is 9.97 Å². The molecular formula is C20H16N2S2. The van der Waals surface area contributed by atoms with Crippen molar-refractivity contribution >= 4 is 22.7 Å². The summed E-state index contributed by atoms with van der Waals surface area (Å²) in [5.41, 5.74) is 5.66. The minimum Gasteiger partial charge on any atom is -0.241 e. The Hall–Kier alpha value is -2.30. The van der Waals surface area contributed by atoms with E-state index in [1.54, 1.807) is 22.7 Å². The third kappa shape index (κ3) is 2.90. The van der Waals surface area contributed by atoms with E-state index in [9.17, 15) is 0 Å². The van der Waals surface area contributed by atoms with E-state index in [-0.39, 0.29) is 0 Å². The highest BCUT2D eigenvalue weighted by molar-refractivity contribution is 7.23. The minimum absolute atomic E-state index is 1.03. The molecule has 2 aromatic heterocycles. The van der Waals surface area contributed by atoms with Crippen LogP contribution in [0.1, 0.15) is 11.3 Å². The van der Waals surface area contributed by atoms with Crippen molar-refractivity contribution in [3.05, 3.63) is 71.2 Å². The molecule has 118 valence electrons. The van der Waals surface area contributed by atoms with Crippen LogP contribution < -0.4 is 0 Å². The predicted molar refractivity (Wildman–Crippen MR) is 104 cm³/mol. The van der Waals surface area contributed by atoms with E-state index < -0.39 is 0 Å². The Balaban J connectivity index is 1.70. The molecule has 0 saturated heterocycles. The second-order valence-corrected chi connectivity index (χ2v) is 7.56. The maximum Gasteiger partial charge on any atom is 0.135 e. The van der Waals surface area contributed by atoms with E-state index in [1.807, 2.05) is 18.2 Å². The molecule has 4 heteroatoms. The van der Waals surface area contributed by atoms with Crippen molar-refractivity contribution in [2.75, 3.05) is 0 Å². The Kier molecular flexibility index (Phi) is 4.00. The van der Waals surface area contributed by atoms with Crippen LogP contribution in [0.4, 0.5) is 0 Å². The number of aromatic nitrogens is 2. The fourth-order valence-electron chi connectivity index (χ4n) is 2.53. The topological polar surface area (TPSA) is 25.8 Å². The molecule has 0 aliphatic rings. The molecule has 0 fully saturated rings. The molecule has 0 amide bonds. The summed E-state index contributed by atoms with van der Waals surface area (Å²) >= 11 is 3.40. The number of rotatable bonds is 3. The van der Waals surface area contributed by atoms with Gasteiger partial charge in [-0.1, -0.05) is 60.2 Å². The molecule has 24 heavy (non-hydrogen) atoms. The third-order valence-corrected chi connectivity index (χ3v) is 6.07. The smallest absolute Gasteiger partial charge is 0.135 e. The van der Waals surface area contributed by atoms with Crippen LogP contribution in [0.2, 0.25) is 0 Å². The Labute approximate surface area is 149 Å². The highest BCUT2D eigenvalue weighted by Gasteiger charge is 2.15. The van der Waals surface area contributed by atoms with Gasteiger partial charge in [-0.2, -0.15) is 0 Å². The van der Waals surface area contributed by atoms with E-state index in [0.29, 0.717) is 0 Å². The Morgan fingerprint density at radius 1 is 0.750 bits per heavy atom. The summed E-state index contributed by atoms with van der Waals surface area (Å²) in [7, 11) is 0. The molecule has 0 bridgehead atoms. The summed E-state index contributed by atoms with van der Waals surface area (Å²) < 4.78 is 0. The van der Waals surface area contributed by atoms with Gasteiger partial charge in [0.05, 0.1) is 16.3 Å². The summed E-state index contributed by atoms with van der Waals surface area (Å²) in [5.74, 6) is 0. The standard InChI is InChI=1S/C20H16N2S2/c1-13-8-10-16(11-9-13)19-21-14(2)18(24-19)20-22-17(12-23-20)15-6-4-3-5-7-15/h3-12H,1-2H3. The Morgan fingerprint density at radius 3 is 2.25 bits per heavy atom. The van der Waals surface area contributed by atoms with Gasteiger partial charge in [-0.3, -0.25) is 0 Å². The molecule has 0 aliphatic carbocycles. The molecule has 2 heterocycles. The van der Waals surface area contributed by atoms with Crippen molar-refractivity contribution in [2.45, 2.75) is 13.8 Å². The van der Waals surface area contributed by atoms with Crippen molar-refractivity contribution in [3.8, 4) is 31.7 Å². The molecule has 2 aromatic carbocycles. The summed E-state index contributed by atoms with van der Waals surface area (Å²) in [4.78, 5) is 10.7. The predicted octanol–water partition coefficient (Wildman–Crippen LogP) is 6.22. The van der Waals surface area contributed by atoms with Crippen LogP contribution in [0.15, 0.2) is 60.0 Å². The molecular weight excluding hydrogens is 332 g/mol. The average molecular weight is 348 g/mol. The second-order valence-electron chi connectivity index (χ2n) is 5.70. The summed E-state index contributed by atoms with van der Waals surface area (Å²) in [6.45, 7) is 4.16. The zero-order valence-electron chi connectivity index (χ0n) is 13.5. The summed E-state index contributed by atoms with van der Waals surface area (Å²) in [6.07, 6.45) is 0. The van der Waals surface area contributed by atoms with Gasteiger partial charge in [0.15, 0.2) is 0 Å². The van der Waals surface area contributed by atoms with Crippen molar-refractivity contribution in [3.63, 3.8) is 0 Å². The number of thiazole rings is 2. The lowest BCUT2D eigenvalue weighted by Crippen LogP contribution is -1.80. The van der Waals surface area contributed by atoms with Gasteiger partial charge in [-0.15, -0.1) is 22.7 Å². The summed E-state index contributed by atoms with van der Waals surface area (Å²) in [5, 5.41) is 4.22. The molecule has 0 radical (unpaired) electrons. The lowest BCUT2D eigenvalue weighted by atomic mass is 10.2. The molecule has 0 aliphatic heterocycles. The van der Waals surface area contributed by atoms with Crippen LogP contribution in [0, 0.1) is 13.8 Å². The SMILES string of the molecule is Cc1ccc(-c2nc(C)c(-c3nc(-c4ccccc4)cs3)s2)cc1. The quantitative estimate of drug-likeness (QED) is 0.439. The van der Waals surface area contributed by atoms with Gasteiger partial charge in [0.25, 0.3) is 0 Å². The lowest BCUT2D eigenvalue weighted by Gasteiger charge is -1.96. The fourth-order valence-corrected chi connectivity index (χ4v) is 4.58. The molecule has 0 atom stereocenters. The van der Waals surface area contributed by atoms with E-state index in [1.165, 1.54) is 11.1 Å². The maximum absolute atomic E-state index is 4.82. The molecule has 0 spiro atoms. The molecule has 0 unspecified atom stereocenters. The third-order valence-electron chi connectivity index (χ3n) is 3.86. The van der Waals surface area contributed by atoms with Gasteiger partial charge in [-0.05, 0) is 13.8 Å². The minimum atomic E-state index is 1.03. The van der Waals surface area contributed by atoms with Gasteiger partial charge in [0, 0.05) is 16.5 Å². The molecule has 4 aromatic rings. The van der Waals surface area contributed by atoms with Crippen molar-refractivity contribution in [2.24, 2.45) is 0 Å². The van der Waals surface area contributed by atoms with Crippen LogP contribution in [0.25, 0.3) is 31.7 Å². The van der Waals surface area contributed by atoms with Gasteiger partial charge in [0.2, 0.25) is 0 Å². The van der Waals surface area contributed by atoms with E-state index in [4.69, 9.17) is 9.97 Å². The zero-order valence-corrected chi connectivity index (χ0v) is 15.1. The summed E-state index contributed by atoms with van der Waals surface area (Å²) in [6, 6.07) is 18.8. The van der Waals surface area contributed by atoms with E-state index in [2.05, 4.69) is 55.6 Å². The monoisotopic (exact) mass is 348 g/mol. The van der Waals surface area contributed by atoms with E-state index in [0.717, 1.165) is 31.8 Å². The van der Waals surface area contributed by atoms with Gasteiger partial charge >= 0.3 is 0 Å². The Morgan fingerprint density at radius 2 is 1.50 bits per heavy atom. The first-order chi connectivity index (χ1) is 11.7. The number of benzene rings is 2. The molecule has 4 rings (SSSR count). The van der Waals surface area contributed by atoms with Crippen LogP contribution in [-0.2, 0) is 0 Å². The molecule has 0 N–H and O–H groups in total. The number of hydrogen-bond donors (Lipinski definition) is 0. The van der Waals surface area contributed by atoms with Crippen LogP contribution in [0.5, 0.6) is 0 Å². The van der Waals surface area contributed by atoms with Gasteiger partial charge in [-0.25, -0.2) is 9.97 Å². The van der Waals surface area contributed by atoms with Crippen molar-refractivity contribution < 1.29 is 0 Å². The number of nitrogens with zero attached hydrogens (tertiary/aromatic N) is 2. The van der Waals surface area contributed by atoms with Gasteiger partial charge in [0.1, 0.15) is 10.0 Å². The lowest BCUT2D eigenvalue weighted by molar-refractivity contribution is 1.26. The molecule has 0 saturated carbocycles. The van der Waals surface area contributed by atoms with Crippen LogP contribution in [0.3, 0.4) is 0 Å². The first-order valence-corrected chi connectivity index (χ1v) is 9.46. The first kappa shape index (κ1) is 15.2. The maximum atomic E-state index is 4.82. The van der Waals surface area contributed by atoms with Crippen molar-refractivity contribution in [1.29, 1.82) is 0 Å². The van der Waals surface area contributed by atoms with Crippen LogP contribution >= 0.6 is 22.7 Å². The first-order valence-electron chi connectivity index (χ1n) is 7.76. The second kappa shape index (κ2) is 6.30. The van der Waals surface area contributed by atoms with E-state index >= 15 is 0 Å².